The lowest BCUT2D eigenvalue weighted by Crippen LogP contribution is -2.55. The molecular weight excluding hydrogens is 570 g/mol. The quantitative estimate of drug-likeness (QED) is 0.327. The zero-order valence-corrected chi connectivity index (χ0v) is 25.3. The summed E-state index contributed by atoms with van der Waals surface area (Å²) in [6.07, 6.45) is 3.07. The number of anilines is 1. The van der Waals surface area contributed by atoms with Crippen molar-refractivity contribution in [3.05, 3.63) is 69.9 Å². The number of phenols is 1. The Morgan fingerprint density at radius 2 is 1.84 bits per heavy atom. The van der Waals surface area contributed by atoms with Crippen molar-refractivity contribution in [2.75, 3.05) is 24.5 Å². The van der Waals surface area contributed by atoms with E-state index in [9.17, 15) is 19.1 Å². The van der Waals surface area contributed by atoms with Crippen LogP contribution in [-0.2, 0) is 4.74 Å². The highest BCUT2D eigenvalue weighted by atomic mass is 19.1. The molecule has 0 unspecified atom stereocenters. The summed E-state index contributed by atoms with van der Waals surface area (Å²) >= 11 is 0. The minimum absolute atomic E-state index is 0.0545. The Labute approximate surface area is 252 Å². The molecule has 4 aromatic rings. The number of carbonyl (C=O) groups is 1. The van der Waals surface area contributed by atoms with Crippen molar-refractivity contribution in [3.63, 3.8) is 0 Å². The van der Waals surface area contributed by atoms with E-state index in [0.717, 1.165) is 24.5 Å². The predicted molar refractivity (Wildman–Crippen MR) is 161 cm³/mol. The number of carbonyl (C=O) groups excluding carboxylic acids is 1. The van der Waals surface area contributed by atoms with Crippen LogP contribution < -0.4 is 10.6 Å². The number of ether oxygens (including phenoxy) is 1. The number of piperazine rings is 1. The molecule has 12 heteroatoms. The summed E-state index contributed by atoms with van der Waals surface area (Å²) in [6, 6.07) is 6.30. The first-order valence-corrected chi connectivity index (χ1v) is 14.7. The smallest absolute Gasteiger partial charge is 0.410 e. The Kier molecular flexibility index (Phi) is 7.25. The van der Waals surface area contributed by atoms with E-state index in [1.165, 1.54) is 22.8 Å². The van der Waals surface area contributed by atoms with Gasteiger partial charge in [-0.15, -0.1) is 0 Å². The van der Waals surface area contributed by atoms with Crippen LogP contribution in [0.3, 0.4) is 0 Å². The fraction of sp³-hybridized carbons (Fsp3) is 0.406. The van der Waals surface area contributed by atoms with E-state index in [4.69, 9.17) is 4.74 Å². The minimum atomic E-state index is -0.892. The summed E-state index contributed by atoms with van der Waals surface area (Å²) in [4.78, 5) is 43.8. The number of hydrogen-bond donors (Lipinski definition) is 1. The second-order valence-electron chi connectivity index (χ2n) is 12.5. The third kappa shape index (κ3) is 5.33. The maximum atomic E-state index is 15.9. The maximum Gasteiger partial charge on any atom is 0.410 e. The Morgan fingerprint density at radius 1 is 1.09 bits per heavy atom. The number of halogens is 2. The molecule has 1 amide bonds. The first-order valence-electron chi connectivity index (χ1n) is 14.7. The Balaban J connectivity index is 1.55. The number of hydrogen-bond acceptors (Lipinski definition) is 8. The molecule has 1 aromatic carbocycles. The average molecular weight is 605 g/mol. The van der Waals surface area contributed by atoms with Gasteiger partial charge in [-0.3, -0.25) is 4.98 Å². The van der Waals surface area contributed by atoms with Crippen LogP contribution >= 0.6 is 0 Å². The van der Waals surface area contributed by atoms with Crippen LogP contribution in [0.2, 0.25) is 0 Å². The van der Waals surface area contributed by atoms with Crippen molar-refractivity contribution in [2.45, 2.75) is 65.0 Å². The zero-order chi connectivity index (χ0) is 31.5. The van der Waals surface area contributed by atoms with Crippen molar-refractivity contribution in [2.24, 2.45) is 0 Å². The SMILES string of the molecule is Cc1ccnc(C2CC2)c1-n1c(=O)nc(N2CCN(C(=O)OC(C)(C)C)C[C@@H]2C)c2cc(F)c(-c3c(O)cccc3F)nc21. The third-order valence-corrected chi connectivity index (χ3v) is 7.92. The molecule has 1 aliphatic carbocycles. The van der Waals surface area contributed by atoms with Gasteiger partial charge in [-0.1, -0.05) is 6.07 Å². The molecule has 6 rings (SSSR count). The fourth-order valence-corrected chi connectivity index (χ4v) is 5.73. The molecule has 2 fully saturated rings. The number of fused-ring (bicyclic) bond motifs is 1. The molecule has 1 N–H and O–H groups in total. The lowest BCUT2D eigenvalue weighted by molar-refractivity contribution is 0.0218. The van der Waals surface area contributed by atoms with E-state index in [-0.39, 0.29) is 41.9 Å². The second-order valence-corrected chi connectivity index (χ2v) is 12.5. The maximum absolute atomic E-state index is 15.9. The van der Waals surface area contributed by atoms with Crippen molar-refractivity contribution in [3.8, 4) is 22.7 Å². The van der Waals surface area contributed by atoms with Crippen LogP contribution in [0.5, 0.6) is 5.75 Å². The van der Waals surface area contributed by atoms with Crippen LogP contribution in [0.4, 0.5) is 19.4 Å². The summed E-state index contributed by atoms with van der Waals surface area (Å²) in [5, 5.41) is 10.7. The molecule has 3 aromatic heterocycles. The number of rotatable bonds is 4. The van der Waals surface area contributed by atoms with Crippen molar-refractivity contribution >= 4 is 22.9 Å². The van der Waals surface area contributed by atoms with E-state index in [0.29, 0.717) is 17.9 Å². The van der Waals surface area contributed by atoms with Gasteiger partial charge in [0.05, 0.1) is 22.3 Å². The molecule has 1 saturated carbocycles. The summed E-state index contributed by atoms with van der Waals surface area (Å²) in [5.74, 6) is -1.88. The summed E-state index contributed by atoms with van der Waals surface area (Å²) in [7, 11) is 0. The number of nitrogens with zero attached hydrogens (tertiary/aromatic N) is 6. The predicted octanol–water partition coefficient (Wildman–Crippen LogP) is 5.46. The zero-order valence-electron chi connectivity index (χ0n) is 25.3. The number of pyridine rings is 2. The average Bonchev–Trinajstić information content (AvgIpc) is 3.78. The molecule has 1 saturated heterocycles. The molecule has 2 aliphatic rings. The molecule has 4 heterocycles. The van der Waals surface area contributed by atoms with Crippen molar-refractivity contribution < 1.29 is 23.4 Å². The molecule has 0 bridgehead atoms. The lowest BCUT2D eigenvalue weighted by atomic mass is 10.1. The Bertz CT molecular complexity index is 1830. The van der Waals surface area contributed by atoms with Gasteiger partial charge in [-0.2, -0.15) is 4.98 Å². The first-order chi connectivity index (χ1) is 20.8. The van der Waals surface area contributed by atoms with Gasteiger partial charge in [0.15, 0.2) is 11.5 Å². The third-order valence-electron chi connectivity index (χ3n) is 7.92. The molecule has 0 spiro atoms. The van der Waals surface area contributed by atoms with E-state index in [2.05, 4.69) is 15.0 Å². The van der Waals surface area contributed by atoms with Gasteiger partial charge < -0.3 is 19.6 Å². The summed E-state index contributed by atoms with van der Waals surface area (Å²) in [6.45, 7) is 9.98. The fourth-order valence-electron chi connectivity index (χ4n) is 5.73. The van der Waals surface area contributed by atoms with Crippen LogP contribution in [0.15, 0.2) is 41.3 Å². The number of amides is 1. The number of phenolic OH excluding ortho intramolecular Hbond substituents is 1. The monoisotopic (exact) mass is 604 g/mol. The van der Waals surface area contributed by atoms with Crippen molar-refractivity contribution in [1.29, 1.82) is 0 Å². The molecule has 1 aliphatic heterocycles. The molecule has 1 atom stereocenters. The van der Waals surface area contributed by atoms with Crippen LogP contribution in [0.25, 0.3) is 28.0 Å². The Morgan fingerprint density at radius 3 is 2.50 bits per heavy atom. The Hall–Kier alpha value is -4.61. The van der Waals surface area contributed by atoms with Crippen LogP contribution in [0, 0.1) is 18.6 Å². The summed E-state index contributed by atoms with van der Waals surface area (Å²) in [5.41, 5.74) is -0.130. The largest absolute Gasteiger partial charge is 0.507 e. The minimum Gasteiger partial charge on any atom is -0.507 e. The van der Waals surface area contributed by atoms with Gasteiger partial charge in [0, 0.05) is 37.8 Å². The van der Waals surface area contributed by atoms with Crippen LogP contribution in [0.1, 0.15) is 57.7 Å². The highest BCUT2D eigenvalue weighted by molar-refractivity contribution is 5.91. The number of aromatic hydroxyl groups is 1. The molecule has 230 valence electrons. The summed E-state index contributed by atoms with van der Waals surface area (Å²) < 4.78 is 37.7. The number of benzene rings is 1. The van der Waals surface area contributed by atoms with E-state index >= 15 is 4.39 Å². The van der Waals surface area contributed by atoms with E-state index < -0.39 is 46.0 Å². The first kappa shape index (κ1) is 29.5. The molecular formula is C32H34F2N6O4. The topological polar surface area (TPSA) is 114 Å². The van der Waals surface area contributed by atoms with E-state index in [1.807, 2.05) is 18.7 Å². The molecule has 44 heavy (non-hydrogen) atoms. The standard InChI is InChI=1S/C32H34F2N6O4/c1-17-11-12-35-25(19-9-10-19)27(17)40-29-20(15-22(34)26(36-29)24-21(33)7-6-8-23(24)41)28(37-30(40)42)39-14-13-38(16-18(39)2)31(43)44-32(3,4)5/h6-8,11-12,15,18-19,41H,9-10,13-14,16H2,1-5H3/t18-/m0/s1. The highest BCUT2D eigenvalue weighted by Crippen LogP contribution is 2.43. The normalized spacial score (nSPS) is 17.3. The van der Waals surface area contributed by atoms with Gasteiger partial charge in [0.1, 0.15) is 28.7 Å². The van der Waals surface area contributed by atoms with Gasteiger partial charge in [-0.05, 0) is 77.3 Å². The van der Waals surface area contributed by atoms with Gasteiger partial charge in [0.25, 0.3) is 0 Å². The number of aryl methyl sites for hydroxylation is 1. The second kappa shape index (κ2) is 10.8. The lowest BCUT2D eigenvalue weighted by Gasteiger charge is -2.41. The van der Waals surface area contributed by atoms with E-state index in [1.54, 1.807) is 37.9 Å². The molecule has 0 radical (unpaired) electrons. The van der Waals surface area contributed by atoms with Crippen LogP contribution in [-0.4, -0.2) is 66.9 Å². The van der Waals surface area contributed by atoms with Gasteiger partial charge in [0.2, 0.25) is 0 Å². The highest BCUT2D eigenvalue weighted by Gasteiger charge is 2.34. The van der Waals surface area contributed by atoms with Gasteiger partial charge >= 0.3 is 11.8 Å². The van der Waals surface area contributed by atoms with Crippen molar-refractivity contribution in [1.82, 2.24) is 24.4 Å². The number of aromatic nitrogens is 4. The van der Waals surface area contributed by atoms with Gasteiger partial charge in [-0.25, -0.2) is 27.9 Å². The molecule has 10 nitrogen and oxygen atoms in total.